The molecule has 2 aromatic rings. The Morgan fingerprint density at radius 2 is 1.46 bits per heavy atom. The number of carbonyl (C=O) groups excluding carboxylic acids is 1. The summed E-state index contributed by atoms with van der Waals surface area (Å²) in [6.07, 6.45) is 1.01. The number of nitrogens with one attached hydrogen (secondary N) is 1. The summed E-state index contributed by atoms with van der Waals surface area (Å²) in [6, 6.07) is 15.3. The number of amides is 1. The summed E-state index contributed by atoms with van der Waals surface area (Å²) in [4.78, 5) is 16.9. The Kier molecular flexibility index (Phi) is 8.49. The molecule has 0 spiro atoms. The van der Waals surface area contributed by atoms with Gasteiger partial charge in [0.2, 0.25) is 0 Å². The molecule has 1 amide bonds. The molecule has 1 fully saturated rings. The van der Waals surface area contributed by atoms with E-state index in [4.69, 9.17) is 23.2 Å². The molecule has 7 heteroatoms. The molecular weight excluding hydrogens is 413 g/mol. The van der Waals surface area contributed by atoms with Gasteiger partial charge in [0.15, 0.2) is 0 Å². The summed E-state index contributed by atoms with van der Waals surface area (Å²) in [5.74, 6) is 0.824. The van der Waals surface area contributed by atoms with Gasteiger partial charge in [-0.3, -0.25) is 9.69 Å². The standard InChI is InChI=1S/C21H25Cl2N3OS/c22-18-4-2-17(3-5-18)16-26-13-11-25(12-14-26)10-1-15-28-21(27)24-20-8-6-19(23)7-9-20/h2-9H,1,10-16H2,(H,24,27). The number of hydrogen-bond donors (Lipinski definition) is 1. The highest BCUT2D eigenvalue weighted by Crippen LogP contribution is 2.17. The lowest BCUT2D eigenvalue weighted by molar-refractivity contribution is 0.127. The maximum Gasteiger partial charge on any atom is 0.283 e. The molecule has 28 heavy (non-hydrogen) atoms. The Bertz CT molecular complexity index is 747. The summed E-state index contributed by atoms with van der Waals surface area (Å²) < 4.78 is 0. The van der Waals surface area contributed by atoms with Gasteiger partial charge in [-0.25, -0.2) is 0 Å². The van der Waals surface area contributed by atoms with E-state index in [1.54, 1.807) is 12.1 Å². The smallest absolute Gasteiger partial charge is 0.283 e. The Balaban J connectivity index is 1.27. The predicted octanol–water partition coefficient (Wildman–Crippen LogP) is 5.47. The van der Waals surface area contributed by atoms with Crippen molar-refractivity contribution in [1.29, 1.82) is 0 Å². The van der Waals surface area contributed by atoms with Crippen LogP contribution in [-0.4, -0.2) is 53.5 Å². The number of thioether (sulfide) groups is 1. The summed E-state index contributed by atoms with van der Waals surface area (Å²) in [5.41, 5.74) is 2.08. The minimum atomic E-state index is -0.0184. The molecule has 1 aliphatic rings. The summed E-state index contributed by atoms with van der Waals surface area (Å²) in [5, 5.41) is 4.31. The van der Waals surface area contributed by atoms with Gasteiger partial charge in [0.05, 0.1) is 0 Å². The number of nitrogens with zero attached hydrogens (tertiary/aromatic N) is 2. The third-order valence-electron chi connectivity index (χ3n) is 4.73. The van der Waals surface area contributed by atoms with Crippen molar-refractivity contribution in [2.45, 2.75) is 13.0 Å². The van der Waals surface area contributed by atoms with Crippen LogP contribution in [-0.2, 0) is 6.54 Å². The minimum Gasteiger partial charge on any atom is -0.317 e. The Hall–Kier alpha value is -1.24. The third kappa shape index (κ3) is 7.30. The molecule has 0 atom stereocenters. The second-order valence-corrected chi connectivity index (χ2v) is 8.81. The predicted molar refractivity (Wildman–Crippen MR) is 121 cm³/mol. The molecule has 3 rings (SSSR count). The van der Waals surface area contributed by atoms with Gasteiger partial charge in [0, 0.05) is 54.2 Å². The Morgan fingerprint density at radius 1 is 0.893 bits per heavy atom. The van der Waals surface area contributed by atoms with Crippen LogP contribution in [0.5, 0.6) is 0 Å². The van der Waals surface area contributed by atoms with Crippen molar-refractivity contribution in [3.8, 4) is 0 Å². The fourth-order valence-electron chi connectivity index (χ4n) is 3.16. The zero-order valence-electron chi connectivity index (χ0n) is 15.7. The van der Waals surface area contributed by atoms with Crippen LogP contribution in [0, 0.1) is 0 Å². The molecule has 0 saturated carbocycles. The lowest BCUT2D eigenvalue weighted by Crippen LogP contribution is -2.46. The maximum atomic E-state index is 12.0. The number of piperazine rings is 1. The van der Waals surface area contributed by atoms with Gasteiger partial charge in [0.25, 0.3) is 5.24 Å². The van der Waals surface area contributed by atoms with E-state index < -0.39 is 0 Å². The summed E-state index contributed by atoms with van der Waals surface area (Å²) in [7, 11) is 0. The Morgan fingerprint density at radius 3 is 2.11 bits per heavy atom. The Labute approximate surface area is 181 Å². The van der Waals surface area contributed by atoms with E-state index in [1.165, 1.54) is 17.3 Å². The summed E-state index contributed by atoms with van der Waals surface area (Å²) in [6.45, 7) is 6.33. The van der Waals surface area contributed by atoms with E-state index in [9.17, 15) is 4.79 Å². The van der Waals surface area contributed by atoms with Gasteiger partial charge in [0.1, 0.15) is 0 Å². The lowest BCUT2D eigenvalue weighted by atomic mass is 10.2. The molecule has 1 aliphatic heterocycles. The highest BCUT2D eigenvalue weighted by atomic mass is 35.5. The number of rotatable bonds is 7. The maximum absolute atomic E-state index is 12.0. The SMILES string of the molecule is O=C(Nc1ccc(Cl)cc1)SCCCN1CCN(Cc2ccc(Cl)cc2)CC1. The largest absolute Gasteiger partial charge is 0.317 e. The molecule has 150 valence electrons. The fourth-order valence-corrected chi connectivity index (χ4v) is 4.06. The van der Waals surface area contributed by atoms with E-state index in [2.05, 4.69) is 27.2 Å². The van der Waals surface area contributed by atoms with Crippen molar-refractivity contribution in [2.75, 3.05) is 43.8 Å². The number of anilines is 1. The van der Waals surface area contributed by atoms with Crippen molar-refractivity contribution >= 4 is 45.9 Å². The zero-order chi connectivity index (χ0) is 19.8. The first-order valence-corrected chi connectivity index (χ1v) is 11.2. The van der Waals surface area contributed by atoms with Crippen LogP contribution in [0.15, 0.2) is 48.5 Å². The fraction of sp³-hybridized carbons (Fsp3) is 0.381. The average molecular weight is 438 g/mol. The van der Waals surface area contributed by atoms with Crippen LogP contribution in [0.25, 0.3) is 0 Å². The van der Waals surface area contributed by atoms with Crippen LogP contribution >= 0.6 is 35.0 Å². The molecule has 0 bridgehead atoms. The highest BCUT2D eigenvalue weighted by Gasteiger charge is 2.16. The van der Waals surface area contributed by atoms with E-state index in [0.717, 1.165) is 62.2 Å². The van der Waals surface area contributed by atoms with Gasteiger partial charge in [-0.1, -0.05) is 47.1 Å². The third-order valence-corrected chi connectivity index (χ3v) is 6.09. The van der Waals surface area contributed by atoms with E-state index >= 15 is 0 Å². The van der Waals surface area contributed by atoms with E-state index in [0.29, 0.717) is 5.02 Å². The van der Waals surface area contributed by atoms with Gasteiger partial charge in [-0.15, -0.1) is 0 Å². The molecule has 0 radical (unpaired) electrons. The molecule has 1 heterocycles. The lowest BCUT2D eigenvalue weighted by Gasteiger charge is -2.34. The molecule has 1 N–H and O–H groups in total. The number of halogens is 2. The first-order chi connectivity index (χ1) is 13.6. The van der Waals surface area contributed by atoms with Gasteiger partial charge in [-0.2, -0.15) is 0 Å². The zero-order valence-corrected chi connectivity index (χ0v) is 18.1. The van der Waals surface area contributed by atoms with Crippen LogP contribution in [0.3, 0.4) is 0 Å². The minimum absolute atomic E-state index is 0.0184. The highest BCUT2D eigenvalue weighted by molar-refractivity contribution is 8.13. The topological polar surface area (TPSA) is 35.6 Å². The summed E-state index contributed by atoms with van der Waals surface area (Å²) >= 11 is 13.1. The monoisotopic (exact) mass is 437 g/mol. The van der Waals surface area contributed by atoms with Gasteiger partial charge in [-0.05, 0) is 54.9 Å². The number of hydrogen-bond acceptors (Lipinski definition) is 4. The van der Waals surface area contributed by atoms with Gasteiger partial charge >= 0.3 is 0 Å². The number of carbonyl (C=O) groups is 1. The first-order valence-electron chi connectivity index (χ1n) is 9.47. The molecule has 0 aromatic heterocycles. The second kappa shape index (κ2) is 11.1. The van der Waals surface area contributed by atoms with Crippen molar-refractivity contribution in [3.63, 3.8) is 0 Å². The molecule has 0 unspecified atom stereocenters. The normalized spacial score (nSPS) is 15.5. The van der Waals surface area contributed by atoms with Crippen LogP contribution in [0.2, 0.25) is 10.0 Å². The van der Waals surface area contributed by atoms with Crippen molar-refractivity contribution in [1.82, 2.24) is 9.80 Å². The second-order valence-electron chi connectivity index (χ2n) is 6.87. The average Bonchev–Trinajstić information content (AvgIpc) is 2.70. The van der Waals surface area contributed by atoms with E-state index in [-0.39, 0.29) is 5.24 Å². The molecule has 2 aromatic carbocycles. The first kappa shape index (κ1) is 21.5. The quantitative estimate of drug-likeness (QED) is 0.582. The molecule has 1 saturated heterocycles. The molecular formula is C21H25Cl2N3OS. The molecule has 0 aliphatic carbocycles. The number of benzene rings is 2. The van der Waals surface area contributed by atoms with Crippen molar-refractivity contribution < 1.29 is 4.79 Å². The molecule has 4 nitrogen and oxygen atoms in total. The van der Waals surface area contributed by atoms with Crippen molar-refractivity contribution in [3.05, 3.63) is 64.1 Å². The van der Waals surface area contributed by atoms with Gasteiger partial charge < -0.3 is 10.2 Å². The van der Waals surface area contributed by atoms with Crippen LogP contribution in [0.1, 0.15) is 12.0 Å². The van der Waals surface area contributed by atoms with Crippen LogP contribution < -0.4 is 5.32 Å². The van der Waals surface area contributed by atoms with Crippen LogP contribution in [0.4, 0.5) is 10.5 Å². The van der Waals surface area contributed by atoms with Crippen molar-refractivity contribution in [2.24, 2.45) is 0 Å². The van der Waals surface area contributed by atoms with E-state index in [1.807, 2.05) is 24.3 Å².